The Morgan fingerprint density at radius 2 is 1.82 bits per heavy atom. The zero-order valence-corrected chi connectivity index (χ0v) is 19.6. The van der Waals surface area contributed by atoms with Crippen molar-refractivity contribution in [2.24, 2.45) is 11.1 Å². The average Bonchev–Trinajstić information content (AvgIpc) is 3.24. The van der Waals surface area contributed by atoms with E-state index >= 15 is 0 Å². The van der Waals surface area contributed by atoms with Crippen LogP contribution in [-0.2, 0) is 16.0 Å². The van der Waals surface area contributed by atoms with Gasteiger partial charge in [0.2, 0.25) is 11.8 Å². The van der Waals surface area contributed by atoms with E-state index in [4.69, 9.17) is 5.73 Å². The number of primary amides is 1. The molecule has 2 unspecified atom stereocenters. The molecule has 0 radical (unpaired) electrons. The quantitative estimate of drug-likeness (QED) is 0.622. The number of nitrogens with two attached hydrogens (primary N) is 1. The second-order valence-corrected chi connectivity index (χ2v) is 9.35. The van der Waals surface area contributed by atoms with Gasteiger partial charge in [-0.15, -0.1) is 0 Å². The molecule has 0 saturated carbocycles. The number of carbonyl (C=O) groups excluding carboxylic acids is 2. The number of hydrogen-bond donors (Lipinski definition) is 1. The number of carbonyl (C=O) groups is 2. The van der Waals surface area contributed by atoms with Crippen molar-refractivity contribution in [3.05, 3.63) is 77.6 Å². The molecular weight excluding hydrogens is 412 g/mol. The number of benzene rings is 2. The van der Waals surface area contributed by atoms with Crippen molar-refractivity contribution in [2.75, 3.05) is 13.1 Å². The van der Waals surface area contributed by atoms with Crippen LogP contribution in [0.15, 0.2) is 60.8 Å². The third-order valence-corrected chi connectivity index (χ3v) is 6.82. The van der Waals surface area contributed by atoms with Gasteiger partial charge in [-0.05, 0) is 62.8 Å². The summed E-state index contributed by atoms with van der Waals surface area (Å²) >= 11 is 0. The minimum atomic E-state index is -0.780. The summed E-state index contributed by atoms with van der Waals surface area (Å²) in [5.41, 5.74) is 10.7. The Morgan fingerprint density at radius 3 is 2.48 bits per heavy atom. The van der Waals surface area contributed by atoms with Gasteiger partial charge >= 0.3 is 0 Å². The van der Waals surface area contributed by atoms with Crippen LogP contribution in [0.2, 0.25) is 0 Å². The van der Waals surface area contributed by atoms with Crippen LogP contribution in [0.4, 0.5) is 0 Å². The molecule has 0 bridgehead atoms. The van der Waals surface area contributed by atoms with Crippen molar-refractivity contribution < 1.29 is 9.59 Å². The predicted molar refractivity (Wildman–Crippen MR) is 129 cm³/mol. The molecule has 2 aromatic carbocycles. The summed E-state index contributed by atoms with van der Waals surface area (Å²) in [6.45, 7) is 6.83. The number of nitrogens with zero attached hydrogens (tertiary/aromatic N) is 3. The van der Waals surface area contributed by atoms with Crippen LogP contribution >= 0.6 is 0 Å². The van der Waals surface area contributed by atoms with E-state index < -0.39 is 11.5 Å². The molecule has 6 nitrogen and oxygen atoms in total. The van der Waals surface area contributed by atoms with Crippen molar-refractivity contribution in [3.8, 4) is 11.1 Å². The first-order valence-corrected chi connectivity index (χ1v) is 11.5. The second-order valence-electron chi connectivity index (χ2n) is 9.35. The van der Waals surface area contributed by atoms with E-state index in [0.29, 0.717) is 25.9 Å². The molecule has 1 aliphatic rings. The molecular formula is C27H32N4O2. The second kappa shape index (κ2) is 9.22. The van der Waals surface area contributed by atoms with Crippen molar-refractivity contribution >= 4 is 11.8 Å². The van der Waals surface area contributed by atoms with E-state index in [1.54, 1.807) is 15.8 Å². The number of hydrogen-bond acceptors (Lipinski definition) is 3. The van der Waals surface area contributed by atoms with E-state index in [9.17, 15) is 9.59 Å². The zero-order valence-electron chi connectivity index (χ0n) is 19.6. The number of aromatic nitrogens is 2. The van der Waals surface area contributed by atoms with Crippen LogP contribution in [0, 0.1) is 19.3 Å². The van der Waals surface area contributed by atoms with Crippen LogP contribution in [-0.4, -0.2) is 39.6 Å². The van der Waals surface area contributed by atoms with Gasteiger partial charge in [0.15, 0.2) is 0 Å². The minimum absolute atomic E-state index is 0.0272. The zero-order chi connectivity index (χ0) is 23.6. The highest BCUT2D eigenvalue weighted by molar-refractivity contribution is 5.85. The Bertz CT molecular complexity index is 1170. The monoisotopic (exact) mass is 444 g/mol. The van der Waals surface area contributed by atoms with E-state index in [1.165, 1.54) is 5.56 Å². The number of amides is 2. The highest BCUT2D eigenvalue weighted by atomic mass is 16.2. The summed E-state index contributed by atoms with van der Waals surface area (Å²) in [6, 6.07) is 18.1. The van der Waals surface area contributed by atoms with Gasteiger partial charge in [-0.3, -0.25) is 14.3 Å². The minimum Gasteiger partial charge on any atom is -0.369 e. The third kappa shape index (κ3) is 4.70. The summed E-state index contributed by atoms with van der Waals surface area (Å²) in [4.78, 5) is 27.9. The average molecular weight is 445 g/mol. The summed E-state index contributed by atoms with van der Waals surface area (Å²) in [5, 5.41) is 4.29. The first-order valence-electron chi connectivity index (χ1n) is 11.5. The van der Waals surface area contributed by atoms with Crippen molar-refractivity contribution in [1.82, 2.24) is 14.7 Å². The van der Waals surface area contributed by atoms with E-state index in [2.05, 4.69) is 48.4 Å². The lowest BCUT2D eigenvalue weighted by Gasteiger charge is -2.41. The van der Waals surface area contributed by atoms with Crippen molar-refractivity contribution in [1.29, 1.82) is 0 Å². The first-order chi connectivity index (χ1) is 15.8. The molecule has 33 heavy (non-hydrogen) atoms. The van der Waals surface area contributed by atoms with Gasteiger partial charge in [0.1, 0.15) is 6.04 Å². The Hall–Kier alpha value is -3.41. The molecule has 1 aromatic heterocycles. The Labute approximate surface area is 195 Å². The number of rotatable bonds is 6. The fourth-order valence-electron chi connectivity index (χ4n) is 4.98. The SMILES string of the molecule is Cc1cccc(-c2cccc(CC3(C(N)=O)CCCN(C(=O)C(C)n4nccc4C)C3)c2)c1. The normalized spacial score (nSPS) is 19.3. The largest absolute Gasteiger partial charge is 0.369 e. The van der Waals surface area contributed by atoms with E-state index in [0.717, 1.165) is 28.8 Å². The molecule has 1 aliphatic heterocycles. The molecule has 6 heteroatoms. The highest BCUT2D eigenvalue weighted by Gasteiger charge is 2.43. The van der Waals surface area contributed by atoms with Gasteiger partial charge in [0.25, 0.3) is 0 Å². The van der Waals surface area contributed by atoms with Crippen LogP contribution in [0.25, 0.3) is 11.1 Å². The van der Waals surface area contributed by atoms with Gasteiger partial charge in [-0.25, -0.2) is 0 Å². The topological polar surface area (TPSA) is 81.2 Å². The van der Waals surface area contributed by atoms with Crippen LogP contribution in [0.5, 0.6) is 0 Å². The molecule has 2 amide bonds. The molecule has 3 aromatic rings. The van der Waals surface area contributed by atoms with E-state index in [-0.39, 0.29) is 11.8 Å². The maximum Gasteiger partial charge on any atom is 0.247 e. The molecule has 2 heterocycles. The third-order valence-electron chi connectivity index (χ3n) is 6.82. The summed E-state index contributed by atoms with van der Waals surface area (Å²) < 4.78 is 1.73. The molecule has 0 aliphatic carbocycles. The van der Waals surface area contributed by atoms with Gasteiger partial charge in [0.05, 0.1) is 5.41 Å². The lowest BCUT2D eigenvalue weighted by molar-refractivity contribution is -0.142. The Balaban J connectivity index is 1.57. The summed E-state index contributed by atoms with van der Waals surface area (Å²) in [7, 11) is 0. The standard InChI is InChI=1S/C27H32N4O2/c1-19-7-4-9-23(15-19)24-10-5-8-22(16-24)17-27(26(28)33)12-6-14-30(18-27)25(32)21(3)31-20(2)11-13-29-31/h4-5,7-11,13,15-16,21H,6,12,14,17-18H2,1-3H3,(H2,28,33). The number of aryl methyl sites for hydroxylation is 2. The fourth-order valence-corrected chi connectivity index (χ4v) is 4.98. The molecule has 4 rings (SSSR count). The van der Waals surface area contributed by atoms with E-state index in [1.807, 2.05) is 32.0 Å². The van der Waals surface area contributed by atoms with Gasteiger partial charge in [-0.2, -0.15) is 5.10 Å². The molecule has 172 valence electrons. The number of piperidine rings is 1. The summed E-state index contributed by atoms with van der Waals surface area (Å²) in [6.07, 6.45) is 3.64. The van der Waals surface area contributed by atoms with Gasteiger partial charge in [0, 0.05) is 25.0 Å². The smallest absolute Gasteiger partial charge is 0.247 e. The number of likely N-dealkylation sites (tertiary alicyclic amines) is 1. The molecule has 1 fully saturated rings. The lowest BCUT2D eigenvalue weighted by Crippen LogP contribution is -2.54. The van der Waals surface area contributed by atoms with Crippen LogP contribution in [0.3, 0.4) is 0 Å². The van der Waals surface area contributed by atoms with Gasteiger partial charge < -0.3 is 10.6 Å². The molecule has 0 spiro atoms. The van der Waals surface area contributed by atoms with Crippen LogP contribution in [0.1, 0.15) is 42.6 Å². The highest BCUT2D eigenvalue weighted by Crippen LogP contribution is 2.35. The first kappa shape index (κ1) is 22.8. The Kier molecular flexibility index (Phi) is 6.36. The van der Waals surface area contributed by atoms with Crippen molar-refractivity contribution in [3.63, 3.8) is 0 Å². The molecule has 2 N–H and O–H groups in total. The predicted octanol–water partition coefficient (Wildman–Crippen LogP) is 4.06. The summed E-state index contributed by atoms with van der Waals surface area (Å²) in [5.74, 6) is -0.371. The fraction of sp³-hybridized carbons (Fsp3) is 0.370. The Morgan fingerprint density at radius 1 is 1.09 bits per heavy atom. The maximum atomic E-state index is 13.3. The maximum absolute atomic E-state index is 13.3. The molecule has 1 saturated heterocycles. The lowest BCUT2D eigenvalue weighted by atomic mass is 9.74. The van der Waals surface area contributed by atoms with Gasteiger partial charge in [-0.1, -0.05) is 54.1 Å². The van der Waals surface area contributed by atoms with Crippen molar-refractivity contribution in [2.45, 2.75) is 46.1 Å². The molecule has 2 atom stereocenters. The van der Waals surface area contributed by atoms with Crippen LogP contribution < -0.4 is 5.73 Å².